The van der Waals surface area contributed by atoms with Gasteiger partial charge in [-0.05, 0) is 72.6 Å². The zero-order valence-electron chi connectivity index (χ0n) is 31.0. The van der Waals surface area contributed by atoms with Gasteiger partial charge in [-0.3, -0.25) is 14.5 Å². The monoisotopic (exact) mass is 801 g/mol. The molecule has 0 aliphatic carbocycles. The van der Waals surface area contributed by atoms with Gasteiger partial charge in [0, 0.05) is 81.5 Å². The number of ether oxygens (including phenoxy) is 2. The molecule has 3 aromatic carbocycles. The van der Waals surface area contributed by atoms with E-state index in [-0.39, 0.29) is 11.8 Å². The number of aryl methyl sites for hydroxylation is 1. The Morgan fingerprint density at radius 1 is 0.839 bits per heavy atom. The minimum atomic E-state index is -1.26. The van der Waals surface area contributed by atoms with Gasteiger partial charge in [0.2, 0.25) is 5.88 Å². The number of hydrogen-bond donors (Lipinski definition) is 2. The highest BCUT2D eigenvalue weighted by molar-refractivity contribution is 6.42. The van der Waals surface area contributed by atoms with E-state index < -0.39 is 11.9 Å². The number of fused-ring (bicyclic) bond motifs is 1. The van der Waals surface area contributed by atoms with Crippen LogP contribution >= 0.6 is 23.2 Å². The number of aliphatic carboxylic acids is 2. The van der Waals surface area contributed by atoms with Crippen LogP contribution in [0, 0.1) is 0 Å². The highest BCUT2D eigenvalue weighted by Gasteiger charge is 2.25. The molecule has 1 saturated heterocycles. The summed E-state index contributed by atoms with van der Waals surface area (Å²) >= 11 is 12.1. The van der Waals surface area contributed by atoms with Crippen molar-refractivity contribution in [2.45, 2.75) is 19.9 Å². The van der Waals surface area contributed by atoms with Crippen LogP contribution in [0.2, 0.25) is 10.0 Å². The maximum absolute atomic E-state index is 13.6. The largest absolute Gasteiger partial charge is 0.494 e. The van der Waals surface area contributed by atoms with E-state index in [0.717, 1.165) is 49.3 Å². The number of carboxylic acids is 2. The second-order valence-corrected chi connectivity index (χ2v) is 13.6. The Morgan fingerprint density at radius 2 is 1.52 bits per heavy atom. The zero-order valence-corrected chi connectivity index (χ0v) is 32.5. The van der Waals surface area contributed by atoms with Gasteiger partial charge < -0.3 is 34.1 Å². The van der Waals surface area contributed by atoms with Gasteiger partial charge in [-0.25, -0.2) is 14.6 Å². The van der Waals surface area contributed by atoms with Gasteiger partial charge in [0.1, 0.15) is 17.2 Å². The number of piperazine rings is 1. The van der Waals surface area contributed by atoms with E-state index in [1.165, 1.54) is 10.5 Å². The SMILES string of the molecule is CCCOc1ccc(CN2CCN(C(=O)c3cc4cc(Oc5ccc(N(C)C(=O)c6ccc(Cl)c(Cl)c6)cn5)ccc4n3C)CC2)cc1.O=C(O)/C=C\C(=O)O. The first-order valence-electron chi connectivity index (χ1n) is 17.7. The maximum Gasteiger partial charge on any atom is 0.328 e. The van der Waals surface area contributed by atoms with E-state index in [4.69, 9.17) is 42.9 Å². The summed E-state index contributed by atoms with van der Waals surface area (Å²) in [7, 11) is 3.57. The predicted octanol–water partition coefficient (Wildman–Crippen LogP) is 7.41. The number of pyridine rings is 1. The molecule has 2 N–H and O–H groups in total. The van der Waals surface area contributed by atoms with Gasteiger partial charge in [-0.2, -0.15) is 0 Å². The molecule has 0 unspecified atom stereocenters. The number of benzene rings is 3. The van der Waals surface area contributed by atoms with Crippen molar-refractivity contribution in [1.29, 1.82) is 0 Å². The molecular weight excluding hydrogens is 761 g/mol. The smallest absolute Gasteiger partial charge is 0.328 e. The zero-order chi connectivity index (χ0) is 40.4. The molecule has 5 aromatic rings. The highest BCUT2D eigenvalue weighted by atomic mass is 35.5. The van der Waals surface area contributed by atoms with Gasteiger partial charge in [0.15, 0.2) is 0 Å². The number of carbonyl (C=O) groups is 4. The number of halogens is 2. The van der Waals surface area contributed by atoms with Crippen molar-refractivity contribution < 1.29 is 38.9 Å². The van der Waals surface area contributed by atoms with Gasteiger partial charge in [0.05, 0.1) is 28.5 Å². The van der Waals surface area contributed by atoms with Crippen molar-refractivity contribution >= 4 is 63.5 Å². The second kappa shape index (κ2) is 19.1. The quantitative estimate of drug-likeness (QED) is 0.122. The number of anilines is 1. The van der Waals surface area contributed by atoms with Crippen LogP contribution in [0.1, 0.15) is 39.8 Å². The fourth-order valence-electron chi connectivity index (χ4n) is 5.87. The predicted molar refractivity (Wildman–Crippen MR) is 214 cm³/mol. The summed E-state index contributed by atoms with van der Waals surface area (Å²) in [5, 5.41) is 17.2. The molecule has 0 atom stereocenters. The number of hydrogen-bond acceptors (Lipinski definition) is 8. The fraction of sp³-hybridized carbons (Fsp3) is 0.244. The van der Waals surface area contributed by atoms with E-state index in [9.17, 15) is 19.2 Å². The van der Waals surface area contributed by atoms with E-state index in [2.05, 4.69) is 28.9 Å². The topological polar surface area (TPSA) is 155 Å². The van der Waals surface area contributed by atoms with Crippen molar-refractivity contribution in [3.63, 3.8) is 0 Å². The minimum Gasteiger partial charge on any atom is -0.494 e. The lowest BCUT2D eigenvalue weighted by atomic mass is 10.2. The van der Waals surface area contributed by atoms with Gasteiger partial charge in [-0.1, -0.05) is 42.3 Å². The maximum atomic E-state index is 13.6. The lowest BCUT2D eigenvalue weighted by Crippen LogP contribution is -2.48. The Kier molecular flexibility index (Phi) is 14.1. The highest BCUT2D eigenvalue weighted by Crippen LogP contribution is 2.29. The molecule has 292 valence electrons. The summed E-state index contributed by atoms with van der Waals surface area (Å²) in [4.78, 5) is 55.8. The lowest BCUT2D eigenvalue weighted by Gasteiger charge is -2.34. The van der Waals surface area contributed by atoms with Crippen LogP contribution in [-0.4, -0.2) is 93.2 Å². The summed E-state index contributed by atoms with van der Waals surface area (Å²) < 4.78 is 13.7. The molecule has 3 heterocycles. The molecule has 0 bridgehead atoms. The first kappa shape index (κ1) is 41.3. The van der Waals surface area contributed by atoms with Crippen LogP contribution in [0.5, 0.6) is 17.4 Å². The summed E-state index contributed by atoms with van der Waals surface area (Å²) in [6.07, 6.45) is 3.67. The minimum absolute atomic E-state index is 0.0186. The third kappa shape index (κ3) is 10.9. The molecule has 15 heteroatoms. The summed E-state index contributed by atoms with van der Waals surface area (Å²) in [5.41, 5.74) is 3.81. The normalized spacial score (nSPS) is 12.9. The molecule has 2 aromatic heterocycles. The van der Waals surface area contributed by atoms with Gasteiger partial charge in [-0.15, -0.1) is 0 Å². The van der Waals surface area contributed by atoms with Crippen molar-refractivity contribution in [3.8, 4) is 17.4 Å². The van der Waals surface area contributed by atoms with E-state index in [1.54, 1.807) is 43.6 Å². The lowest BCUT2D eigenvalue weighted by molar-refractivity contribution is -0.134. The molecule has 1 aliphatic heterocycles. The standard InChI is InChI=1S/C37H37Cl2N5O4.C4H4O4/c1-4-19-47-29-9-5-25(6-10-29)24-43-15-17-44(18-16-43)37(46)34-22-27-20-30(11-13-33(27)42(34)3)48-35-14-8-28(23-40-35)41(2)36(45)26-7-12-31(38)32(39)21-26;5-3(6)1-2-4(7)8/h5-14,20-23H,4,15-19,24H2,1-3H3;1-2H,(H,5,6)(H,7,8)/b;2-1-. The molecule has 0 saturated carbocycles. The first-order valence-corrected chi connectivity index (χ1v) is 18.4. The molecule has 0 spiro atoms. The number of amides is 2. The third-order valence-electron chi connectivity index (χ3n) is 8.87. The third-order valence-corrected chi connectivity index (χ3v) is 9.60. The van der Waals surface area contributed by atoms with Crippen LogP contribution in [0.25, 0.3) is 10.9 Å². The van der Waals surface area contributed by atoms with E-state index in [1.807, 2.05) is 52.9 Å². The van der Waals surface area contributed by atoms with Crippen LogP contribution in [-0.2, 0) is 23.2 Å². The number of nitrogens with zero attached hydrogens (tertiary/aromatic N) is 5. The van der Waals surface area contributed by atoms with Gasteiger partial charge >= 0.3 is 11.9 Å². The van der Waals surface area contributed by atoms with Crippen molar-refractivity contribution in [2.24, 2.45) is 7.05 Å². The van der Waals surface area contributed by atoms with Crippen LogP contribution in [0.15, 0.2) is 97.2 Å². The Bertz CT molecular complexity index is 2200. The Balaban J connectivity index is 0.000000677. The van der Waals surface area contributed by atoms with E-state index in [0.29, 0.717) is 63.9 Å². The Labute approximate surface area is 333 Å². The molecule has 2 amide bonds. The second-order valence-electron chi connectivity index (χ2n) is 12.8. The first-order chi connectivity index (χ1) is 26.8. The van der Waals surface area contributed by atoms with Crippen LogP contribution < -0.4 is 14.4 Å². The molecule has 1 fully saturated rings. The Hall–Kier alpha value is -5.89. The fourth-order valence-corrected chi connectivity index (χ4v) is 6.17. The summed E-state index contributed by atoms with van der Waals surface area (Å²) in [6, 6.07) is 24.1. The number of rotatable bonds is 12. The molecule has 6 rings (SSSR count). The van der Waals surface area contributed by atoms with Crippen molar-refractivity contribution in [2.75, 3.05) is 44.7 Å². The van der Waals surface area contributed by atoms with Crippen molar-refractivity contribution in [3.05, 3.63) is 124 Å². The summed E-state index contributed by atoms with van der Waals surface area (Å²) in [5.74, 6) is -0.879. The number of carbonyl (C=O) groups excluding carboxylic acids is 2. The molecule has 0 radical (unpaired) electrons. The number of carboxylic acid groups (broad SMARTS) is 2. The molecule has 56 heavy (non-hydrogen) atoms. The number of aromatic nitrogens is 2. The molecular formula is C41H41Cl2N5O8. The average molecular weight is 803 g/mol. The average Bonchev–Trinajstić information content (AvgIpc) is 3.52. The van der Waals surface area contributed by atoms with Crippen molar-refractivity contribution in [1.82, 2.24) is 19.4 Å². The summed E-state index contributed by atoms with van der Waals surface area (Å²) in [6.45, 7) is 6.63. The van der Waals surface area contributed by atoms with Crippen LogP contribution in [0.4, 0.5) is 5.69 Å². The van der Waals surface area contributed by atoms with Gasteiger partial charge in [0.25, 0.3) is 11.8 Å². The van der Waals surface area contributed by atoms with E-state index >= 15 is 0 Å². The Morgan fingerprint density at radius 3 is 2.12 bits per heavy atom. The molecule has 13 nitrogen and oxygen atoms in total. The molecule has 1 aliphatic rings. The van der Waals surface area contributed by atoms with Crippen LogP contribution in [0.3, 0.4) is 0 Å².